The summed E-state index contributed by atoms with van der Waals surface area (Å²) in [7, 11) is 0. The Kier molecular flexibility index (Phi) is 2.68. The van der Waals surface area contributed by atoms with E-state index in [9.17, 15) is 0 Å². The SMILES string of the molecule is Cc1ncn(Cc2cnc(Cl)cn2)c1C. The summed E-state index contributed by atoms with van der Waals surface area (Å²) in [6.45, 7) is 4.70. The van der Waals surface area contributed by atoms with E-state index in [0.29, 0.717) is 11.7 Å². The lowest BCUT2D eigenvalue weighted by molar-refractivity contribution is 0.743. The molecule has 2 rings (SSSR count). The van der Waals surface area contributed by atoms with Crippen molar-refractivity contribution in [2.75, 3.05) is 0 Å². The van der Waals surface area contributed by atoms with Crippen molar-refractivity contribution >= 4 is 11.6 Å². The van der Waals surface area contributed by atoms with Crippen LogP contribution in [-0.2, 0) is 6.54 Å². The lowest BCUT2D eigenvalue weighted by Crippen LogP contribution is -2.03. The standard InChI is InChI=1S/C10H11ClN4/c1-7-8(2)15(6-14-7)5-9-3-13-10(11)4-12-9/h3-4,6H,5H2,1-2H3. The van der Waals surface area contributed by atoms with Crippen LogP contribution in [0.2, 0.25) is 5.15 Å². The lowest BCUT2D eigenvalue weighted by Gasteiger charge is -2.04. The highest BCUT2D eigenvalue weighted by Crippen LogP contribution is 2.07. The molecule has 0 aromatic carbocycles. The molecule has 4 nitrogen and oxygen atoms in total. The Bertz CT molecular complexity index is 461. The summed E-state index contributed by atoms with van der Waals surface area (Å²) in [4.78, 5) is 12.4. The number of nitrogens with zero attached hydrogens (tertiary/aromatic N) is 4. The van der Waals surface area contributed by atoms with Crippen molar-refractivity contribution in [1.82, 2.24) is 19.5 Å². The normalized spacial score (nSPS) is 10.6. The first-order valence-corrected chi connectivity index (χ1v) is 4.99. The van der Waals surface area contributed by atoms with Crippen molar-refractivity contribution in [3.05, 3.63) is 41.0 Å². The monoisotopic (exact) mass is 222 g/mol. The number of imidazole rings is 1. The Morgan fingerprint density at radius 3 is 2.53 bits per heavy atom. The molecule has 0 amide bonds. The summed E-state index contributed by atoms with van der Waals surface area (Å²) in [5.74, 6) is 0. The zero-order chi connectivity index (χ0) is 10.8. The van der Waals surface area contributed by atoms with Gasteiger partial charge in [-0.1, -0.05) is 11.6 Å². The van der Waals surface area contributed by atoms with Crippen molar-refractivity contribution in [2.24, 2.45) is 0 Å². The predicted molar refractivity (Wildman–Crippen MR) is 57.8 cm³/mol. The van der Waals surface area contributed by atoms with Crippen molar-refractivity contribution < 1.29 is 0 Å². The molecule has 2 aromatic rings. The molecule has 5 heteroatoms. The van der Waals surface area contributed by atoms with Gasteiger partial charge in [0.2, 0.25) is 0 Å². The number of rotatable bonds is 2. The molecule has 0 radical (unpaired) electrons. The Morgan fingerprint density at radius 1 is 1.20 bits per heavy atom. The van der Waals surface area contributed by atoms with Gasteiger partial charge in [-0.2, -0.15) is 0 Å². The fourth-order valence-electron chi connectivity index (χ4n) is 1.30. The van der Waals surface area contributed by atoms with Crippen LogP contribution in [0.1, 0.15) is 17.1 Å². The first-order valence-electron chi connectivity index (χ1n) is 4.61. The van der Waals surface area contributed by atoms with E-state index in [4.69, 9.17) is 11.6 Å². The van der Waals surface area contributed by atoms with E-state index in [1.807, 2.05) is 18.4 Å². The minimum atomic E-state index is 0.414. The van der Waals surface area contributed by atoms with E-state index in [2.05, 4.69) is 15.0 Å². The summed E-state index contributed by atoms with van der Waals surface area (Å²) < 4.78 is 2.03. The summed E-state index contributed by atoms with van der Waals surface area (Å²) in [5.41, 5.74) is 3.06. The fraction of sp³-hybridized carbons (Fsp3) is 0.300. The summed E-state index contributed by atoms with van der Waals surface area (Å²) in [6.07, 6.45) is 5.04. The third kappa shape index (κ3) is 2.15. The van der Waals surface area contributed by atoms with E-state index >= 15 is 0 Å². The van der Waals surface area contributed by atoms with Gasteiger partial charge in [-0.25, -0.2) is 9.97 Å². The minimum absolute atomic E-state index is 0.414. The van der Waals surface area contributed by atoms with Crippen LogP contribution in [0.15, 0.2) is 18.7 Å². The van der Waals surface area contributed by atoms with Gasteiger partial charge in [0.1, 0.15) is 5.15 Å². The summed E-state index contributed by atoms with van der Waals surface area (Å²) in [6, 6.07) is 0. The lowest BCUT2D eigenvalue weighted by atomic mass is 10.3. The van der Waals surface area contributed by atoms with E-state index < -0.39 is 0 Å². The Balaban J connectivity index is 2.22. The van der Waals surface area contributed by atoms with Crippen LogP contribution in [0.3, 0.4) is 0 Å². The number of halogens is 1. The van der Waals surface area contributed by atoms with Crippen LogP contribution in [-0.4, -0.2) is 19.5 Å². The highest BCUT2D eigenvalue weighted by molar-refractivity contribution is 6.29. The van der Waals surface area contributed by atoms with Crippen LogP contribution >= 0.6 is 11.6 Å². The van der Waals surface area contributed by atoms with Crippen molar-refractivity contribution in [3.63, 3.8) is 0 Å². The second kappa shape index (κ2) is 3.98. The first kappa shape index (κ1) is 10.1. The summed E-state index contributed by atoms with van der Waals surface area (Å²) >= 11 is 5.66. The van der Waals surface area contributed by atoms with Crippen LogP contribution in [0, 0.1) is 13.8 Å². The zero-order valence-corrected chi connectivity index (χ0v) is 9.36. The molecule has 0 saturated heterocycles. The molecule has 2 heterocycles. The molecular weight excluding hydrogens is 212 g/mol. The molecular formula is C10H11ClN4. The molecule has 78 valence electrons. The van der Waals surface area contributed by atoms with Gasteiger partial charge in [0.15, 0.2) is 0 Å². The van der Waals surface area contributed by atoms with Crippen molar-refractivity contribution in [2.45, 2.75) is 20.4 Å². The average Bonchev–Trinajstić information content (AvgIpc) is 2.53. The van der Waals surface area contributed by atoms with Gasteiger partial charge in [-0.05, 0) is 13.8 Å². The second-order valence-corrected chi connectivity index (χ2v) is 3.76. The zero-order valence-electron chi connectivity index (χ0n) is 8.61. The summed E-state index contributed by atoms with van der Waals surface area (Å²) in [5, 5.41) is 0.414. The predicted octanol–water partition coefficient (Wildman–Crippen LogP) is 1.99. The average molecular weight is 223 g/mol. The third-order valence-electron chi connectivity index (χ3n) is 2.35. The minimum Gasteiger partial charge on any atom is -0.329 e. The smallest absolute Gasteiger partial charge is 0.147 e. The molecule has 0 fully saturated rings. The van der Waals surface area contributed by atoms with Crippen LogP contribution in [0.25, 0.3) is 0 Å². The molecule has 0 N–H and O–H groups in total. The van der Waals surface area contributed by atoms with Gasteiger partial charge >= 0.3 is 0 Å². The third-order valence-corrected chi connectivity index (χ3v) is 2.55. The van der Waals surface area contributed by atoms with Gasteiger partial charge in [0.05, 0.1) is 36.7 Å². The maximum atomic E-state index is 5.66. The molecule has 0 saturated carbocycles. The van der Waals surface area contributed by atoms with E-state index in [0.717, 1.165) is 17.1 Å². The number of aryl methyl sites for hydroxylation is 1. The van der Waals surface area contributed by atoms with Crippen LogP contribution in [0.5, 0.6) is 0 Å². The van der Waals surface area contributed by atoms with Crippen LogP contribution < -0.4 is 0 Å². The molecule has 0 spiro atoms. The molecule has 0 aliphatic heterocycles. The highest BCUT2D eigenvalue weighted by atomic mass is 35.5. The molecule has 15 heavy (non-hydrogen) atoms. The Morgan fingerprint density at radius 2 is 2.00 bits per heavy atom. The molecule has 0 aliphatic rings. The van der Waals surface area contributed by atoms with E-state index in [1.165, 1.54) is 0 Å². The van der Waals surface area contributed by atoms with Gasteiger partial charge in [-0.15, -0.1) is 0 Å². The number of hydrogen-bond donors (Lipinski definition) is 0. The largest absolute Gasteiger partial charge is 0.329 e. The van der Waals surface area contributed by atoms with Gasteiger partial charge < -0.3 is 4.57 Å². The van der Waals surface area contributed by atoms with Gasteiger partial charge in [0, 0.05) is 5.69 Å². The molecule has 0 atom stereocenters. The topological polar surface area (TPSA) is 43.6 Å². The first-order chi connectivity index (χ1) is 7.16. The fourth-order valence-corrected chi connectivity index (χ4v) is 1.40. The van der Waals surface area contributed by atoms with Crippen LogP contribution in [0.4, 0.5) is 0 Å². The molecule has 0 aliphatic carbocycles. The second-order valence-electron chi connectivity index (χ2n) is 3.37. The Hall–Kier alpha value is -1.42. The maximum absolute atomic E-state index is 5.66. The van der Waals surface area contributed by atoms with E-state index in [1.54, 1.807) is 18.7 Å². The molecule has 0 bridgehead atoms. The molecule has 0 unspecified atom stereocenters. The number of hydrogen-bond acceptors (Lipinski definition) is 3. The number of aromatic nitrogens is 4. The van der Waals surface area contributed by atoms with E-state index in [-0.39, 0.29) is 0 Å². The van der Waals surface area contributed by atoms with Gasteiger partial charge in [-0.3, -0.25) is 4.98 Å². The van der Waals surface area contributed by atoms with Crippen molar-refractivity contribution in [1.29, 1.82) is 0 Å². The van der Waals surface area contributed by atoms with Gasteiger partial charge in [0.25, 0.3) is 0 Å². The quantitative estimate of drug-likeness (QED) is 0.781. The molecule has 2 aromatic heterocycles. The Labute approximate surface area is 93.0 Å². The van der Waals surface area contributed by atoms with Crippen molar-refractivity contribution in [3.8, 4) is 0 Å². The maximum Gasteiger partial charge on any atom is 0.147 e. The highest BCUT2D eigenvalue weighted by Gasteiger charge is 2.03.